The van der Waals surface area contributed by atoms with Gasteiger partial charge in [-0.25, -0.2) is 5.43 Å². The molecule has 0 atom stereocenters. The summed E-state index contributed by atoms with van der Waals surface area (Å²) in [5, 5.41) is 13.4. The molecule has 8 heteroatoms. The first-order valence-electron chi connectivity index (χ1n) is 9.89. The van der Waals surface area contributed by atoms with Crippen LogP contribution in [0.1, 0.15) is 39.0 Å². The van der Waals surface area contributed by atoms with Crippen molar-refractivity contribution in [3.8, 4) is 11.4 Å². The van der Waals surface area contributed by atoms with Crippen LogP contribution < -0.4 is 5.43 Å². The van der Waals surface area contributed by atoms with Crippen LogP contribution in [0.5, 0.6) is 0 Å². The highest BCUT2D eigenvalue weighted by molar-refractivity contribution is 7.99. The van der Waals surface area contributed by atoms with Crippen LogP contribution in [0.4, 0.5) is 0 Å². The Hall–Kier alpha value is -2.87. The highest BCUT2D eigenvalue weighted by Crippen LogP contribution is 2.27. The average molecular weight is 425 g/mol. The minimum Gasteiger partial charge on any atom is -0.350 e. The molecule has 0 fully saturated rings. The molecule has 3 aromatic rings. The summed E-state index contributed by atoms with van der Waals surface area (Å²) >= 11 is 1.35. The van der Waals surface area contributed by atoms with Gasteiger partial charge in [-0.1, -0.05) is 56.8 Å². The quantitative estimate of drug-likeness (QED) is 0.355. The van der Waals surface area contributed by atoms with Crippen molar-refractivity contribution in [2.75, 3.05) is 5.75 Å². The van der Waals surface area contributed by atoms with E-state index in [4.69, 9.17) is 0 Å². The molecule has 0 spiro atoms. The van der Waals surface area contributed by atoms with Crippen molar-refractivity contribution in [3.63, 3.8) is 0 Å². The number of benzene rings is 1. The Kier molecular flexibility index (Phi) is 6.77. The number of nitrogens with zero attached hydrogens (tertiary/aromatic N) is 5. The Morgan fingerprint density at radius 2 is 1.93 bits per heavy atom. The van der Waals surface area contributed by atoms with E-state index in [0.717, 1.165) is 23.6 Å². The SMILES string of the molecule is CCn1c(SCC(=O)N/N=C\c2cccn2C)nnc1-c1ccc(C(C)(C)C)cc1. The number of amides is 1. The van der Waals surface area contributed by atoms with Gasteiger partial charge >= 0.3 is 0 Å². The lowest BCUT2D eigenvalue weighted by molar-refractivity contribution is -0.118. The normalized spacial score (nSPS) is 11.9. The molecule has 0 saturated heterocycles. The Bertz CT molecular complexity index is 1030. The van der Waals surface area contributed by atoms with Crippen molar-refractivity contribution in [2.45, 2.75) is 44.8 Å². The van der Waals surface area contributed by atoms with Crippen LogP contribution in [-0.2, 0) is 23.8 Å². The van der Waals surface area contributed by atoms with E-state index in [2.05, 4.69) is 65.8 Å². The largest absolute Gasteiger partial charge is 0.350 e. The Morgan fingerprint density at radius 3 is 2.53 bits per heavy atom. The zero-order valence-corrected chi connectivity index (χ0v) is 18.9. The number of hydrogen-bond donors (Lipinski definition) is 1. The molecule has 30 heavy (non-hydrogen) atoms. The lowest BCUT2D eigenvalue weighted by atomic mass is 9.87. The number of hydrazone groups is 1. The molecule has 7 nitrogen and oxygen atoms in total. The van der Waals surface area contributed by atoms with Gasteiger partial charge in [-0.2, -0.15) is 5.10 Å². The molecular formula is C22H28N6OS. The number of carbonyl (C=O) groups is 1. The molecule has 2 aromatic heterocycles. The molecule has 0 unspecified atom stereocenters. The summed E-state index contributed by atoms with van der Waals surface area (Å²) < 4.78 is 3.95. The van der Waals surface area contributed by atoms with Gasteiger partial charge < -0.3 is 9.13 Å². The highest BCUT2D eigenvalue weighted by atomic mass is 32.2. The summed E-state index contributed by atoms with van der Waals surface area (Å²) in [6.45, 7) is 9.35. The van der Waals surface area contributed by atoms with Crippen molar-refractivity contribution >= 4 is 23.9 Å². The van der Waals surface area contributed by atoms with E-state index in [0.29, 0.717) is 5.16 Å². The minimum atomic E-state index is -0.188. The van der Waals surface area contributed by atoms with Gasteiger partial charge in [0, 0.05) is 25.4 Å². The first-order valence-corrected chi connectivity index (χ1v) is 10.9. The van der Waals surface area contributed by atoms with Gasteiger partial charge in [0.2, 0.25) is 0 Å². The number of carbonyl (C=O) groups excluding carboxylic acids is 1. The maximum atomic E-state index is 12.1. The molecule has 3 rings (SSSR count). The summed E-state index contributed by atoms with van der Waals surface area (Å²) in [6.07, 6.45) is 3.54. The first kappa shape index (κ1) is 21.8. The van der Waals surface area contributed by atoms with E-state index in [1.807, 2.05) is 41.4 Å². The van der Waals surface area contributed by atoms with Crippen molar-refractivity contribution in [1.82, 2.24) is 24.8 Å². The van der Waals surface area contributed by atoms with Crippen LogP contribution in [0.25, 0.3) is 11.4 Å². The second-order valence-electron chi connectivity index (χ2n) is 8.00. The lowest BCUT2D eigenvalue weighted by Gasteiger charge is -2.19. The van der Waals surface area contributed by atoms with Crippen LogP contribution in [-0.4, -0.2) is 37.2 Å². The molecule has 1 aromatic carbocycles. The van der Waals surface area contributed by atoms with Crippen LogP contribution in [0.3, 0.4) is 0 Å². The Balaban J connectivity index is 1.63. The molecule has 0 radical (unpaired) electrons. The number of nitrogens with one attached hydrogen (secondary N) is 1. The minimum absolute atomic E-state index is 0.105. The van der Waals surface area contributed by atoms with E-state index in [1.54, 1.807) is 6.21 Å². The average Bonchev–Trinajstić information content (AvgIpc) is 3.31. The first-order chi connectivity index (χ1) is 14.3. The third-order valence-corrected chi connectivity index (χ3v) is 5.71. The summed E-state index contributed by atoms with van der Waals surface area (Å²) in [7, 11) is 1.92. The molecule has 0 saturated carbocycles. The predicted molar refractivity (Wildman–Crippen MR) is 122 cm³/mol. The van der Waals surface area contributed by atoms with Crippen LogP contribution in [0, 0.1) is 0 Å². The standard InChI is InChI=1S/C22H28N6OS/c1-6-28-20(16-9-11-17(12-10-16)22(2,3)4)25-26-21(28)30-15-19(29)24-23-14-18-8-7-13-27(18)5/h7-14H,6,15H2,1-5H3,(H,24,29)/b23-14-. The third kappa shape index (κ3) is 5.18. The fraction of sp³-hybridized carbons (Fsp3) is 0.364. The van der Waals surface area contributed by atoms with Gasteiger partial charge in [0.1, 0.15) is 0 Å². The Labute approximate surface area is 181 Å². The lowest BCUT2D eigenvalue weighted by Crippen LogP contribution is -2.20. The summed E-state index contributed by atoms with van der Waals surface area (Å²) in [5.41, 5.74) is 5.86. The number of thioether (sulfide) groups is 1. The van der Waals surface area contributed by atoms with Gasteiger partial charge in [-0.3, -0.25) is 4.79 Å². The van der Waals surface area contributed by atoms with Crippen LogP contribution >= 0.6 is 11.8 Å². The topological polar surface area (TPSA) is 77.1 Å². The third-order valence-electron chi connectivity index (χ3n) is 4.74. The zero-order chi connectivity index (χ0) is 21.7. The van der Waals surface area contributed by atoms with E-state index in [9.17, 15) is 4.79 Å². The summed E-state index contributed by atoms with van der Waals surface area (Å²) in [6, 6.07) is 12.3. The van der Waals surface area contributed by atoms with E-state index in [-0.39, 0.29) is 17.1 Å². The van der Waals surface area contributed by atoms with Gasteiger partial charge in [0.25, 0.3) is 5.91 Å². The highest BCUT2D eigenvalue weighted by Gasteiger charge is 2.17. The van der Waals surface area contributed by atoms with Crippen LogP contribution in [0.2, 0.25) is 0 Å². The predicted octanol–water partition coefficient (Wildman–Crippen LogP) is 3.84. The Morgan fingerprint density at radius 1 is 1.20 bits per heavy atom. The monoisotopic (exact) mass is 424 g/mol. The maximum Gasteiger partial charge on any atom is 0.250 e. The van der Waals surface area contributed by atoms with E-state index < -0.39 is 0 Å². The molecule has 0 aliphatic heterocycles. The van der Waals surface area contributed by atoms with Crippen molar-refractivity contribution in [3.05, 3.63) is 53.9 Å². The number of rotatable bonds is 7. The molecular weight excluding hydrogens is 396 g/mol. The molecule has 158 valence electrons. The zero-order valence-electron chi connectivity index (χ0n) is 18.1. The van der Waals surface area contributed by atoms with E-state index in [1.165, 1.54) is 17.3 Å². The summed E-state index contributed by atoms with van der Waals surface area (Å²) in [4.78, 5) is 12.1. The molecule has 1 amide bonds. The van der Waals surface area contributed by atoms with Gasteiger partial charge in [-0.15, -0.1) is 10.2 Å². The fourth-order valence-corrected chi connectivity index (χ4v) is 3.75. The second-order valence-corrected chi connectivity index (χ2v) is 8.95. The molecule has 1 N–H and O–H groups in total. The maximum absolute atomic E-state index is 12.1. The number of aryl methyl sites for hydroxylation is 1. The summed E-state index contributed by atoms with van der Waals surface area (Å²) in [5.74, 6) is 0.834. The van der Waals surface area contributed by atoms with Crippen molar-refractivity contribution in [1.29, 1.82) is 0 Å². The van der Waals surface area contributed by atoms with Gasteiger partial charge in [0.05, 0.1) is 17.7 Å². The fourth-order valence-electron chi connectivity index (χ4n) is 2.95. The molecule has 0 bridgehead atoms. The van der Waals surface area contributed by atoms with Crippen LogP contribution in [0.15, 0.2) is 52.9 Å². The van der Waals surface area contributed by atoms with Gasteiger partial charge in [0.15, 0.2) is 11.0 Å². The van der Waals surface area contributed by atoms with Crippen molar-refractivity contribution < 1.29 is 4.79 Å². The molecule has 0 aliphatic carbocycles. The number of aromatic nitrogens is 4. The van der Waals surface area contributed by atoms with Gasteiger partial charge in [-0.05, 0) is 30.0 Å². The smallest absolute Gasteiger partial charge is 0.250 e. The molecule has 0 aliphatic rings. The second kappa shape index (κ2) is 9.30. The molecule has 2 heterocycles. The number of hydrogen-bond acceptors (Lipinski definition) is 5. The van der Waals surface area contributed by atoms with Crippen molar-refractivity contribution in [2.24, 2.45) is 12.1 Å². The van der Waals surface area contributed by atoms with E-state index >= 15 is 0 Å².